The highest BCUT2D eigenvalue weighted by atomic mass is 16.6. The zero-order valence-electron chi connectivity index (χ0n) is 17.2. The van der Waals surface area contributed by atoms with Crippen LogP contribution in [-0.2, 0) is 6.54 Å². The maximum Gasteiger partial charge on any atom is 0.327 e. The Bertz CT molecular complexity index is 919. The molecule has 0 aromatic heterocycles. The predicted molar refractivity (Wildman–Crippen MR) is 110 cm³/mol. The Morgan fingerprint density at radius 2 is 1.87 bits per heavy atom. The summed E-state index contributed by atoms with van der Waals surface area (Å²) >= 11 is 0. The summed E-state index contributed by atoms with van der Waals surface area (Å²) in [7, 11) is 4.03. The van der Waals surface area contributed by atoms with Gasteiger partial charge in [0.05, 0.1) is 26.3 Å². The van der Waals surface area contributed by atoms with Crippen LogP contribution in [-0.4, -0.2) is 56.2 Å². The Morgan fingerprint density at radius 1 is 1.17 bits per heavy atom. The molecule has 1 aliphatic rings. The second-order valence-corrected chi connectivity index (χ2v) is 6.98. The summed E-state index contributed by atoms with van der Waals surface area (Å²) in [6.07, 6.45) is 0.761. The molecule has 30 heavy (non-hydrogen) atoms. The van der Waals surface area contributed by atoms with Gasteiger partial charge in [0.25, 0.3) is 5.91 Å². The van der Waals surface area contributed by atoms with E-state index < -0.39 is 16.5 Å². The molecule has 0 unspecified atom stereocenters. The molecule has 1 amide bonds. The van der Waals surface area contributed by atoms with Gasteiger partial charge in [0, 0.05) is 31.7 Å². The standard InChI is InChI=1S/C21H25N3O6/c1-28-17-11-16(18(24(26)27)20(30-3)19(17)29-2)21(25)22-15-9-10-23(13-15)12-14-7-5-4-6-8-14/h4-8,11,15H,9-10,12-13H2,1-3H3,(H,22,25)/t15-/m0/s1. The molecule has 1 aliphatic heterocycles. The van der Waals surface area contributed by atoms with Gasteiger partial charge in [-0.1, -0.05) is 30.3 Å². The number of likely N-dealkylation sites (tertiary alicyclic amines) is 1. The molecule has 1 N–H and O–H groups in total. The maximum atomic E-state index is 12.9. The topological polar surface area (TPSA) is 103 Å². The number of methoxy groups -OCH3 is 3. The van der Waals surface area contributed by atoms with E-state index in [4.69, 9.17) is 14.2 Å². The van der Waals surface area contributed by atoms with E-state index in [0.29, 0.717) is 6.54 Å². The van der Waals surface area contributed by atoms with E-state index in [2.05, 4.69) is 22.3 Å². The Labute approximate surface area is 174 Å². The van der Waals surface area contributed by atoms with Gasteiger partial charge in [0.15, 0.2) is 5.75 Å². The van der Waals surface area contributed by atoms with Crippen LogP contribution in [0.4, 0.5) is 5.69 Å². The molecule has 9 heteroatoms. The molecule has 0 saturated carbocycles. The van der Waals surface area contributed by atoms with Crippen molar-refractivity contribution in [2.24, 2.45) is 0 Å². The van der Waals surface area contributed by atoms with Gasteiger partial charge in [-0.2, -0.15) is 0 Å². The highest BCUT2D eigenvalue weighted by molar-refractivity contribution is 6.00. The molecular weight excluding hydrogens is 390 g/mol. The fraction of sp³-hybridized carbons (Fsp3) is 0.381. The minimum Gasteiger partial charge on any atom is -0.493 e. The minimum atomic E-state index is -0.647. The van der Waals surface area contributed by atoms with Crippen LogP contribution in [0.5, 0.6) is 17.2 Å². The summed E-state index contributed by atoms with van der Waals surface area (Å²) < 4.78 is 15.6. The molecule has 1 fully saturated rings. The number of amides is 1. The molecule has 0 spiro atoms. The van der Waals surface area contributed by atoms with E-state index in [1.54, 1.807) is 0 Å². The summed E-state index contributed by atoms with van der Waals surface area (Å²) in [6.45, 7) is 2.29. The van der Waals surface area contributed by atoms with Crippen molar-refractivity contribution in [1.29, 1.82) is 0 Å². The number of rotatable bonds is 8. The molecule has 1 atom stereocenters. The molecular formula is C21H25N3O6. The lowest BCUT2D eigenvalue weighted by molar-refractivity contribution is -0.386. The number of benzene rings is 2. The van der Waals surface area contributed by atoms with Gasteiger partial charge >= 0.3 is 5.69 Å². The summed E-state index contributed by atoms with van der Waals surface area (Å²) in [4.78, 5) is 26.2. The first kappa shape index (κ1) is 21.4. The average molecular weight is 415 g/mol. The summed E-state index contributed by atoms with van der Waals surface area (Å²) in [5.41, 5.74) is 0.618. The van der Waals surface area contributed by atoms with Gasteiger partial charge < -0.3 is 19.5 Å². The number of carbonyl (C=O) groups is 1. The third kappa shape index (κ3) is 4.46. The molecule has 0 radical (unpaired) electrons. The Hall–Kier alpha value is -3.33. The lowest BCUT2D eigenvalue weighted by Gasteiger charge is -2.18. The maximum absolute atomic E-state index is 12.9. The molecule has 0 aliphatic carbocycles. The van der Waals surface area contributed by atoms with Crippen molar-refractivity contribution in [2.75, 3.05) is 34.4 Å². The van der Waals surface area contributed by atoms with Crippen LogP contribution in [0.3, 0.4) is 0 Å². The van der Waals surface area contributed by atoms with Crippen molar-refractivity contribution < 1.29 is 23.9 Å². The fourth-order valence-electron chi connectivity index (χ4n) is 3.69. The van der Waals surface area contributed by atoms with Crippen LogP contribution in [0, 0.1) is 10.1 Å². The first-order valence-electron chi connectivity index (χ1n) is 9.53. The van der Waals surface area contributed by atoms with Crippen molar-refractivity contribution in [1.82, 2.24) is 10.2 Å². The second-order valence-electron chi connectivity index (χ2n) is 6.98. The van der Waals surface area contributed by atoms with Gasteiger partial charge in [0.1, 0.15) is 5.56 Å². The monoisotopic (exact) mass is 415 g/mol. The molecule has 1 heterocycles. The molecule has 3 rings (SSSR count). The van der Waals surface area contributed by atoms with Crippen LogP contribution in [0.2, 0.25) is 0 Å². The van der Waals surface area contributed by atoms with E-state index in [1.807, 2.05) is 18.2 Å². The van der Waals surface area contributed by atoms with E-state index in [1.165, 1.54) is 33.0 Å². The van der Waals surface area contributed by atoms with E-state index in [9.17, 15) is 14.9 Å². The third-order valence-electron chi connectivity index (χ3n) is 5.09. The first-order valence-corrected chi connectivity index (χ1v) is 9.53. The Balaban J connectivity index is 1.79. The van der Waals surface area contributed by atoms with E-state index in [-0.39, 0.29) is 28.9 Å². The molecule has 0 bridgehead atoms. The number of hydrogen-bond acceptors (Lipinski definition) is 7. The number of nitrogens with one attached hydrogen (secondary N) is 1. The second kappa shape index (κ2) is 9.45. The van der Waals surface area contributed by atoms with Crippen molar-refractivity contribution in [3.8, 4) is 17.2 Å². The van der Waals surface area contributed by atoms with Gasteiger partial charge in [-0.25, -0.2) is 0 Å². The SMILES string of the molecule is COc1cc(C(=O)N[C@H]2CCN(Cc3ccccc3)C2)c([N+](=O)[O-])c(OC)c1OC. The lowest BCUT2D eigenvalue weighted by atomic mass is 10.1. The van der Waals surface area contributed by atoms with Crippen LogP contribution in [0.1, 0.15) is 22.3 Å². The summed E-state index contributed by atoms with van der Waals surface area (Å²) in [5, 5.41) is 14.6. The molecule has 160 valence electrons. The molecule has 2 aromatic carbocycles. The Kier molecular flexibility index (Phi) is 6.73. The van der Waals surface area contributed by atoms with Crippen molar-refractivity contribution in [2.45, 2.75) is 19.0 Å². The van der Waals surface area contributed by atoms with Crippen LogP contribution in [0.25, 0.3) is 0 Å². The largest absolute Gasteiger partial charge is 0.493 e. The fourth-order valence-corrected chi connectivity index (χ4v) is 3.69. The van der Waals surface area contributed by atoms with Crippen molar-refractivity contribution >= 4 is 11.6 Å². The highest BCUT2D eigenvalue weighted by Gasteiger charge is 2.34. The van der Waals surface area contributed by atoms with Crippen molar-refractivity contribution in [3.63, 3.8) is 0 Å². The highest BCUT2D eigenvalue weighted by Crippen LogP contribution is 2.46. The van der Waals surface area contributed by atoms with Gasteiger partial charge in [-0.3, -0.25) is 19.8 Å². The van der Waals surface area contributed by atoms with Gasteiger partial charge in [-0.05, 0) is 12.0 Å². The lowest BCUT2D eigenvalue weighted by Crippen LogP contribution is -2.37. The summed E-state index contributed by atoms with van der Waals surface area (Å²) in [6, 6.07) is 11.3. The number of nitro benzene ring substituents is 1. The number of nitrogens with zero attached hydrogens (tertiary/aromatic N) is 2. The quantitative estimate of drug-likeness (QED) is 0.522. The van der Waals surface area contributed by atoms with Crippen LogP contribution in [0.15, 0.2) is 36.4 Å². The van der Waals surface area contributed by atoms with Gasteiger partial charge in [-0.15, -0.1) is 0 Å². The average Bonchev–Trinajstić information content (AvgIpc) is 3.18. The van der Waals surface area contributed by atoms with Crippen LogP contribution < -0.4 is 19.5 Å². The smallest absolute Gasteiger partial charge is 0.327 e. The normalized spacial score (nSPS) is 16.2. The number of hydrogen-bond donors (Lipinski definition) is 1. The van der Waals surface area contributed by atoms with Crippen LogP contribution >= 0.6 is 0 Å². The first-order chi connectivity index (χ1) is 14.5. The minimum absolute atomic E-state index is 0.0677. The van der Waals surface area contributed by atoms with E-state index in [0.717, 1.165) is 19.5 Å². The van der Waals surface area contributed by atoms with Gasteiger partial charge in [0.2, 0.25) is 11.5 Å². The summed E-state index contributed by atoms with van der Waals surface area (Å²) in [5.74, 6) is -0.447. The number of carbonyl (C=O) groups excluding carboxylic acids is 1. The number of ether oxygens (including phenoxy) is 3. The third-order valence-corrected chi connectivity index (χ3v) is 5.09. The van der Waals surface area contributed by atoms with E-state index >= 15 is 0 Å². The predicted octanol–water partition coefficient (Wildman–Crippen LogP) is 2.62. The number of nitro groups is 1. The zero-order chi connectivity index (χ0) is 21.7. The molecule has 1 saturated heterocycles. The molecule has 2 aromatic rings. The molecule has 9 nitrogen and oxygen atoms in total. The zero-order valence-corrected chi connectivity index (χ0v) is 17.2. The van der Waals surface area contributed by atoms with Crippen molar-refractivity contribution in [3.05, 3.63) is 57.6 Å². The Morgan fingerprint density at radius 3 is 2.47 bits per heavy atom.